The van der Waals surface area contributed by atoms with Gasteiger partial charge in [0.05, 0.1) is 0 Å². The van der Waals surface area contributed by atoms with E-state index in [9.17, 15) is 0 Å². The Balaban J connectivity index is 2.96. The molecule has 0 aromatic carbocycles. The molecule has 1 aliphatic carbocycles. The van der Waals surface area contributed by atoms with E-state index in [1.807, 2.05) is 0 Å². The molecule has 0 fully saturated rings. The summed E-state index contributed by atoms with van der Waals surface area (Å²) in [5.41, 5.74) is 2.25. The molecule has 0 saturated carbocycles. The van der Waals surface area contributed by atoms with Crippen molar-refractivity contribution in [1.29, 1.82) is 0 Å². The minimum atomic E-state index is 0.333. The quantitative estimate of drug-likeness (QED) is 0.550. The molecule has 0 heteroatoms. The normalized spacial score (nSPS) is 26.2. The highest BCUT2D eigenvalue weighted by Gasteiger charge is 2.42. The molecule has 0 aromatic rings. The second kappa shape index (κ2) is 2.76. The van der Waals surface area contributed by atoms with E-state index >= 15 is 0 Å². The van der Waals surface area contributed by atoms with Gasteiger partial charge >= 0.3 is 0 Å². The Morgan fingerprint density at radius 1 is 1.25 bits per heavy atom. The standard InChI is InChI=1S/C12H20/c1-6-7-10-8-9-11(2,3)12(10,4)5/h6-8H,9H2,1-5H3. The van der Waals surface area contributed by atoms with E-state index in [0.717, 1.165) is 0 Å². The molecule has 68 valence electrons. The van der Waals surface area contributed by atoms with Gasteiger partial charge in [-0.3, -0.25) is 0 Å². The van der Waals surface area contributed by atoms with Gasteiger partial charge in [-0.1, -0.05) is 45.9 Å². The maximum absolute atomic E-state index is 2.38. The van der Waals surface area contributed by atoms with Gasteiger partial charge in [0.2, 0.25) is 0 Å². The summed E-state index contributed by atoms with van der Waals surface area (Å²) in [5, 5.41) is 0. The molecular formula is C12H20. The summed E-state index contributed by atoms with van der Waals surface area (Å²) in [5.74, 6) is 0. The Labute approximate surface area is 76.4 Å². The lowest BCUT2D eigenvalue weighted by atomic mass is 9.67. The lowest BCUT2D eigenvalue weighted by Crippen LogP contribution is -2.28. The van der Waals surface area contributed by atoms with E-state index in [2.05, 4.69) is 52.8 Å². The summed E-state index contributed by atoms with van der Waals surface area (Å²) in [6, 6.07) is 0. The number of allylic oxidation sites excluding steroid dienone is 4. The third-order valence-electron chi connectivity index (χ3n) is 3.59. The zero-order valence-electron chi connectivity index (χ0n) is 8.94. The van der Waals surface area contributed by atoms with Gasteiger partial charge < -0.3 is 0 Å². The Kier molecular flexibility index (Phi) is 2.20. The Morgan fingerprint density at radius 2 is 1.83 bits per heavy atom. The summed E-state index contributed by atoms with van der Waals surface area (Å²) in [7, 11) is 0. The van der Waals surface area contributed by atoms with E-state index in [0.29, 0.717) is 10.8 Å². The number of hydrogen-bond acceptors (Lipinski definition) is 0. The second-order valence-corrected chi connectivity index (χ2v) is 4.87. The fourth-order valence-corrected chi connectivity index (χ4v) is 1.72. The summed E-state index contributed by atoms with van der Waals surface area (Å²) >= 11 is 0. The monoisotopic (exact) mass is 164 g/mol. The van der Waals surface area contributed by atoms with Gasteiger partial charge in [-0.15, -0.1) is 0 Å². The summed E-state index contributed by atoms with van der Waals surface area (Å²) in [6.45, 7) is 11.5. The van der Waals surface area contributed by atoms with Crippen LogP contribution in [0.15, 0.2) is 23.8 Å². The predicted octanol–water partition coefficient (Wildman–Crippen LogP) is 3.95. The van der Waals surface area contributed by atoms with Crippen LogP contribution in [0.3, 0.4) is 0 Å². The molecule has 0 atom stereocenters. The first-order chi connectivity index (χ1) is 5.42. The molecule has 0 nitrogen and oxygen atoms in total. The topological polar surface area (TPSA) is 0 Å². The maximum atomic E-state index is 2.38. The highest BCUT2D eigenvalue weighted by atomic mass is 14.5. The van der Waals surface area contributed by atoms with Crippen molar-refractivity contribution < 1.29 is 0 Å². The molecule has 0 N–H and O–H groups in total. The van der Waals surface area contributed by atoms with Crippen molar-refractivity contribution in [2.75, 3.05) is 0 Å². The van der Waals surface area contributed by atoms with Crippen LogP contribution in [0.25, 0.3) is 0 Å². The summed E-state index contributed by atoms with van der Waals surface area (Å²) in [6.07, 6.45) is 7.96. The van der Waals surface area contributed by atoms with Crippen molar-refractivity contribution in [3.8, 4) is 0 Å². The summed E-state index contributed by atoms with van der Waals surface area (Å²) in [4.78, 5) is 0. The van der Waals surface area contributed by atoms with Crippen LogP contribution in [0.2, 0.25) is 0 Å². The van der Waals surface area contributed by atoms with Crippen molar-refractivity contribution in [1.82, 2.24) is 0 Å². The van der Waals surface area contributed by atoms with E-state index in [1.54, 1.807) is 0 Å². The van der Waals surface area contributed by atoms with Gasteiger partial charge in [0.1, 0.15) is 0 Å². The lowest BCUT2D eigenvalue weighted by Gasteiger charge is -2.37. The number of rotatable bonds is 1. The Hall–Kier alpha value is -0.520. The average Bonchev–Trinajstić information content (AvgIpc) is 2.13. The first kappa shape index (κ1) is 9.57. The fraction of sp³-hybridized carbons (Fsp3) is 0.667. The minimum Gasteiger partial charge on any atom is -0.0874 e. The highest BCUT2D eigenvalue weighted by Crippen LogP contribution is 2.52. The SMILES string of the molecule is CC=CC1=CCC(C)(C)C1(C)C. The van der Waals surface area contributed by atoms with Crippen molar-refractivity contribution >= 4 is 0 Å². The zero-order valence-corrected chi connectivity index (χ0v) is 8.94. The van der Waals surface area contributed by atoms with Crippen LogP contribution in [0.5, 0.6) is 0 Å². The molecule has 0 radical (unpaired) electrons. The smallest absolute Gasteiger partial charge is 0.00527 e. The van der Waals surface area contributed by atoms with Gasteiger partial charge in [0, 0.05) is 0 Å². The van der Waals surface area contributed by atoms with Crippen molar-refractivity contribution in [2.45, 2.75) is 41.0 Å². The molecule has 12 heavy (non-hydrogen) atoms. The van der Waals surface area contributed by atoms with Gasteiger partial charge in [0.15, 0.2) is 0 Å². The molecule has 0 saturated heterocycles. The Bertz CT molecular complexity index is 226. The van der Waals surface area contributed by atoms with Crippen LogP contribution < -0.4 is 0 Å². The summed E-state index contributed by atoms with van der Waals surface area (Å²) < 4.78 is 0. The maximum Gasteiger partial charge on any atom is -0.00527 e. The molecular weight excluding hydrogens is 144 g/mol. The molecule has 1 aliphatic rings. The fourth-order valence-electron chi connectivity index (χ4n) is 1.72. The van der Waals surface area contributed by atoms with Crippen molar-refractivity contribution in [3.63, 3.8) is 0 Å². The highest BCUT2D eigenvalue weighted by molar-refractivity contribution is 5.32. The molecule has 0 spiro atoms. The minimum absolute atomic E-state index is 0.333. The zero-order chi connectivity index (χ0) is 9.41. The van der Waals surface area contributed by atoms with Gasteiger partial charge in [-0.2, -0.15) is 0 Å². The van der Waals surface area contributed by atoms with Crippen LogP contribution in [0.4, 0.5) is 0 Å². The van der Waals surface area contributed by atoms with Crippen LogP contribution in [0.1, 0.15) is 41.0 Å². The van der Waals surface area contributed by atoms with Crippen LogP contribution in [0, 0.1) is 10.8 Å². The van der Waals surface area contributed by atoms with Gasteiger partial charge in [-0.05, 0) is 29.7 Å². The van der Waals surface area contributed by atoms with Crippen molar-refractivity contribution in [3.05, 3.63) is 23.8 Å². The van der Waals surface area contributed by atoms with Crippen molar-refractivity contribution in [2.24, 2.45) is 10.8 Å². The van der Waals surface area contributed by atoms with Crippen LogP contribution in [-0.2, 0) is 0 Å². The molecule has 0 unspecified atom stereocenters. The first-order valence-corrected chi connectivity index (χ1v) is 4.75. The third-order valence-corrected chi connectivity index (χ3v) is 3.59. The molecule has 0 aromatic heterocycles. The molecule has 0 heterocycles. The first-order valence-electron chi connectivity index (χ1n) is 4.75. The molecule has 1 rings (SSSR count). The largest absolute Gasteiger partial charge is 0.0874 e. The van der Waals surface area contributed by atoms with E-state index in [-0.39, 0.29) is 0 Å². The molecule has 0 aliphatic heterocycles. The van der Waals surface area contributed by atoms with Gasteiger partial charge in [-0.25, -0.2) is 0 Å². The molecule has 0 bridgehead atoms. The van der Waals surface area contributed by atoms with Crippen LogP contribution in [-0.4, -0.2) is 0 Å². The van der Waals surface area contributed by atoms with E-state index in [1.165, 1.54) is 12.0 Å². The average molecular weight is 164 g/mol. The predicted molar refractivity (Wildman–Crippen MR) is 55.1 cm³/mol. The number of hydrogen-bond donors (Lipinski definition) is 0. The molecule has 0 amide bonds. The second-order valence-electron chi connectivity index (χ2n) is 4.87. The van der Waals surface area contributed by atoms with E-state index in [4.69, 9.17) is 0 Å². The Morgan fingerprint density at radius 3 is 2.17 bits per heavy atom. The third kappa shape index (κ3) is 1.24. The van der Waals surface area contributed by atoms with E-state index < -0.39 is 0 Å². The van der Waals surface area contributed by atoms with Gasteiger partial charge in [0.25, 0.3) is 0 Å². The lowest BCUT2D eigenvalue weighted by molar-refractivity contribution is 0.182. The van der Waals surface area contributed by atoms with Crippen LogP contribution >= 0.6 is 0 Å².